The van der Waals surface area contributed by atoms with Crippen LogP contribution in [0, 0.1) is 18.3 Å². The first kappa shape index (κ1) is 22.5. The first-order valence-corrected chi connectivity index (χ1v) is 11.0. The van der Waals surface area contributed by atoms with Crippen LogP contribution in [-0.4, -0.2) is 9.97 Å². The van der Waals surface area contributed by atoms with Crippen LogP contribution < -0.4 is 4.74 Å². The molecule has 0 aliphatic heterocycles. The molecule has 1 aromatic heterocycles. The van der Waals surface area contributed by atoms with E-state index in [9.17, 15) is 5.26 Å². The Balaban J connectivity index is 1.61. The minimum atomic E-state index is 0.173. The van der Waals surface area contributed by atoms with Gasteiger partial charge >= 0.3 is 0 Å². The molecule has 1 heterocycles. The third-order valence-electron chi connectivity index (χ3n) is 4.73. The number of halogens is 4. The standard InChI is InChI=1S/C24H15Cl4N3O/c1-13-2-5-21-22(6-13)31-24(30-21)16(11-29)7-14-8-19(27)23(20(28)9-14)32-12-15-3-4-17(25)10-18(15)26/h2-10H,12H2,1H3,(H,30,31)/b16-7-. The van der Waals surface area contributed by atoms with Crippen molar-refractivity contribution in [3.8, 4) is 11.8 Å². The number of hydrogen-bond donors (Lipinski definition) is 1. The van der Waals surface area contributed by atoms with Crippen molar-refractivity contribution < 1.29 is 4.74 Å². The molecule has 0 spiro atoms. The lowest BCUT2D eigenvalue weighted by Gasteiger charge is -2.12. The Morgan fingerprint density at radius 2 is 1.78 bits per heavy atom. The molecule has 0 unspecified atom stereocenters. The summed E-state index contributed by atoms with van der Waals surface area (Å²) in [6.45, 7) is 2.17. The molecular formula is C24H15Cl4N3O. The van der Waals surface area contributed by atoms with E-state index >= 15 is 0 Å². The number of allylic oxidation sites excluding steroid dienone is 1. The second-order valence-corrected chi connectivity index (χ2v) is 8.77. The van der Waals surface area contributed by atoms with Crippen molar-refractivity contribution in [2.24, 2.45) is 0 Å². The van der Waals surface area contributed by atoms with E-state index in [0.717, 1.165) is 22.2 Å². The third kappa shape index (κ3) is 4.87. The molecular weight excluding hydrogens is 488 g/mol. The van der Waals surface area contributed by atoms with Crippen molar-refractivity contribution in [1.82, 2.24) is 9.97 Å². The fourth-order valence-corrected chi connectivity index (χ4v) is 4.24. The largest absolute Gasteiger partial charge is 0.486 e. The van der Waals surface area contributed by atoms with Gasteiger partial charge in [0.1, 0.15) is 18.5 Å². The van der Waals surface area contributed by atoms with Crippen LogP contribution in [0.15, 0.2) is 48.5 Å². The molecule has 3 aromatic carbocycles. The molecule has 32 heavy (non-hydrogen) atoms. The number of aromatic amines is 1. The predicted molar refractivity (Wildman–Crippen MR) is 132 cm³/mol. The van der Waals surface area contributed by atoms with Gasteiger partial charge in [-0.05, 0) is 60.5 Å². The lowest BCUT2D eigenvalue weighted by Crippen LogP contribution is -1.98. The van der Waals surface area contributed by atoms with Gasteiger partial charge in [-0.3, -0.25) is 0 Å². The lowest BCUT2D eigenvalue weighted by atomic mass is 10.1. The number of benzene rings is 3. The molecule has 4 nitrogen and oxygen atoms in total. The van der Waals surface area contributed by atoms with Crippen LogP contribution in [-0.2, 0) is 6.61 Å². The Morgan fingerprint density at radius 1 is 1.03 bits per heavy atom. The number of nitriles is 1. The highest BCUT2D eigenvalue weighted by molar-refractivity contribution is 6.37. The molecule has 4 aromatic rings. The second kappa shape index (κ2) is 9.44. The Morgan fingerprint density at radius 3 is 2.47 bits per heavy atom. The normalized spacial score (nSPS) is 11.6. The van der Waals surface area contributed by atoms with Gasteiger partial charge in [-0.15, -0.1) is 0 Å². The van der Waals surface area contributed by atoms with E-state index in [1.54, 1.807) is 36.4 Å². The molecule has 0 fully saturated rings. The molecule has 0 atom stereocenters. The van der Waals surface area contributed by atoms with Crippen LogP contribution in [0.2, 0.25) is 20.1 Å². The van der Waals surface area contributed by atoms with Crippen LogP contribution in [0.1, 0.15) is 22.5 Å². The minimum Gasteiger partial charge on any atom is -0.486 e. The zero-order valence-corrected chi connectivity index (χ0v) is 19.7. The molecule has 0 saturated heterocycles. The number of aromatic nitrogens is 2. The summed E-state index contributed by atoms with van der Waals surface area (Å²) >= 11 is 25.0. The summed E-state index contributed by atoms with van der Waals surface area (Å²) in [5.74, 6) is 0.798. The Hall–Kier alpha value is -2.68. The number of H-pyrrole nitrogens is 1. The van der Waals surface area contributed by atoms with Crippen molar-refractivity contribution in [2.75, 3.05) is 0 Å². The SMILES string of the molecule is Cc1ccc2nc(/C(C#N)=C\c3cc(Cl)c(OCc4ccc(Cl)cc4Cl)c(Cl)c3)[nH]c2c1. The maximum Gasteiger partial charge on any atom is 0.157 e. The zero-order chi connectivity index (χ0) is 22.8. The van der Waals surface area contributed by atoms with Gasteiger partial charge in [-0.2, -0.15) is 5.26 Å². The molecule has 0 aliphatic rings. The molecule has 0 aliphatic carbocycles. The number of nitrogens with zero attached hydrogens (tertiary/aromatic N) is 2. The number of rotatable bonds is 5. The number of hydrogen-bond acceptors (Lipinski definition) is 3. The predicted octanol–water partition coefficient (Wildman–Crippen LogP) is 8.13. The summed E-state index contributed by atoms with van der Waals surface area (Å²) in [7, 11) is 0. The van der Waals surface area contributed by atoms with Crippen LogP contribution in [0.5, 0.6) is 5.75 Å². The van der Waals surface area contributed by atoms with E-state index in [1.807, 2.05) is 25.1 Å². The molecule has 160 valence electrons. The van der Waals surface area contributed by atoms with E-state index in [0.29, 0.717) is 42.8 Å². The Kier molecular flexibility index (Phi) is 6.64. The molecule has 4 rings (SSSR count). The maximum atomic E-state index is 9.68. The average molecular weight is 503 g/mol. The highest BCUT2D eigenvalue weighted by Crippen LogP contribution is 2.36. The highest BCUT2D eigenvalue weighted by atomic mass is 35.5. The number of aryl methyl sites for hydroxylation is 1. The average Bonchev–Trinajstić information content (AvgIpc) is 3.15. The van der Waals surface area contributed by atoms with Crippen molar-refractivity contribution in [2.45, 2.75) is 13.5 Å². The van der Waals surface area contributed by atoms with Crippen LogP contribution in [0.3, 0.4) is 0 Å². The quantitative estimate of drug-likeness (QED) is 0.280. The van der Waals surface area contributed by atoms with Crippen LogP contribution in [0.4, 0.5) is 0 Å². The summed E-state index contributed by atoms with van der Waals surface area (Å²) in [4.78, 5) is 7.68. The van der Waals surface area contributed by atoms with Gasteiger partial charge in [0.25, 0.3) is 0 Å². The first-order chi connectivity index (χ1) is 15.3. The number of imidazole rings is 1. The van der Waals surface area contributed by atoms with Gasteiger partial charge in [0, 0.05) is 15.6 Å². The van der Waals surface area contributed by atoms with E-state index < -0.39 is 0 Å². The highest BCUT2D eigenvalue weighted by Gasteiger charge is 2.13. The topological polar surface area (TPSA) is 61.7 Å². The van der Waals surface area contributed by atoms with Gasteiger partial charge in [0.2, 0.25) is 0 Å². The minimum absolute atomic E-state index is 0.173. The van der Waals surface area contributed by atoms with Gasteiger partial charge in [0.05, 0.1) is 26.7 Å². The zero-order valence-electron chi connectivity index (χ0n) is 16.7. The number of nitrogens with one attached hydrogen (secondary N) is 1. The summed E-state index contributed by atoms with van der Waals surface area (Å²) in [6.07, 6.45) is 1.67. The van der Waals surface area contributed by atoms with E-state index in [2.05, 4.69) is 16.0 Å². The Labute approximate surface area is 205 Å². The Bertz CT molecular complexity index is 1380. The van der Waals surface area contributed by atoms with E-state index in [-0.39, 0.29) is 6.61 Å². The summed E-state index contributed by atoms with van der Waals surface area (Å²) in [5, 5.41) is 11.3. The fourth-order valence-electron chi connectivity index (χ4n) is 3.16. The maximum absolute atomic E-state index is 9.68. The third-order valence-corrected chi connectivity index (χ3v) is 5.88. The molecule has 0 bridgehead atoms. The molecule has 0 saturated carbocycles. The van der Waals surface area contributed by atoms with Gasteiger partial charge < -0.3 is 9.72 Å². The van der Waals surface area contributed by atoms with Crippen molar-refractivity contribution in [3.05, 3.63) is 91.1 Å². The summed E-state index contributed by atoms with van der Waals surface area (Å²) < 4.78 is 5.80. The van der Waals surface area contributed by atoms with Crippen LogP contribution >= 0.6 is 46.4 Å². The molecule has 8 heteroatoms. The smallest absolute Gasteiger partial charge is 0.157 e. The lowest BCUT2D eigenvalue weighted by molar-refractivity contribution is 0.306. The van der Waals surface area contributed by atoms with Gasteiger partial charge in [0.15, 0.2) is 5.75 Å². The first-order valence-electron chi connectivity index (χ1n) is 9.48. The van der Waals surface area contributed by atoms with Crippen molar-refractivity contribution >= 4 is 69.1 Å². The van der Waals surface area contributed by atoms with Crippen molar-refractivity contribution in [1.29, 1.82) is 5.26 Å². The van der Waals surface area contributed by atoms with Gasteiger partial charge in [-0.1, -0.05) is 58.5 Å². The fraction of sp³-hybridized carbons (Fsp3) is 0.0833. The second-order valence-electron chi connectivity index (χ2n) is 7.11. The monoisotopic (exact) mass is 501 g/mol. The van der Waals surface area contributed by atoms with Crippen LogP contribution in [0.25, 0.3) is 22.7 Å². The number of ether oxygens (including phenoxy) is 1. The molecule has 1 N–H and O–H groups in total. The van der Waals surface area contributed by atoms with E-state index in [4.69, 9.17) is 51.1 Å². The molecule has 0 amide bonds. The molecule has 0 radical (unpaired) electrons. The van der Waals surface area contributed by atoms with Crippen molar-refractivity contribution in [3.63, 3.8) is 0 Å². The van der Waals surface area contributed by atoms with E-state index in [1.165, 1.54) is 0 Å². The van der Waals surface area contributed by atoms with Gasteiger partial charge in [-0.25, -0.2) is 4.98 Å². The summed E-state index contributed by atoms with van der Waals surface area (Å²) in [6, 6.07) is 16.5. The number of fused-ring (bicyclic) bond motifs is 1. The summed E-state index contributed by atoms with van der Waals surface area (Å²) in [5.41, 5.74) is 4.50.